The van der Waals surface area contributed by atoms with E-state index >= 15 is 0 Å². The summed E-state index contributed by atoms with van der Waals surface area (Å²) in [7, 11) is 0. The fraction of sp³-hybridized carbons (Fsp3) is 0.409. The van der Waals surface area contributed by atoms with E-state index in [2.05, 4.69) is 25.3 Å². The predicted octanol–water partition coefficient (Wildman–Crippen LogP) is 6.02. The van der Waals surface area contributed by atoms with Gasteiger partial charge < -0.3 is 9.47 Å². The first-order valence-corrected chi connectivity index (χ1v) is 10.1. The molecular weight excluding hydrogens is 395 g/mol. The molecule has 28 heavy (non-hydrogen) atoms. The van der Waals surface area contributed by atoms with Crippen LogP contribution in [-0.2, 0) is 13.6 Å². The van der Waals surface area contributed by atoms with E-state index in [0.717, 1.165) is 11.1 Å². The zero-order valence-corrected chi connectivity index (χ0v) is 19.0. The van der Waals surface area contributed by atoms with E-state index < -0.39 is 15.6 Å². The van der Waals surface area contributed by atoms with Gasteiger partial charge in [0.2, 0.25) is 0 Å². The minimum atomic E-state index is -1.11. The Bertz CT molecular complexity index is 754. The molecule has 2 aromatic carbocycles. The standard InChI is InChI=1S/C20H23FO3S2.C2H6/c1-13(2)23-18(22)19(3,4)24-17-11-7-15(8-12-17)20(25,26)14-5-9-16(21)10-6-14;1-2/h5-13,25-26H,1-4H3;1-2H3. The van der Waals surface area contributed by atoms with Gasteiger partial charge in [0.15, 0.2) is 5.60 Å². The van der Waals surface area contributed by atoms with Crippen LogP contribution in [0.25, 0.3) is 0 Å². The van der Waals surface area contributed by atoms with Crippen molar-refractivity contribution < 1.29 is 18.7 Å². The zero-order chi connectivity index (χ0) is 21.5. The summed E-state index contributed by atoms with van der Waals surface area (Å²) >= 11 is 9.24. The van der Waals surface area contributed by atoms with Crippen molar-refractivity contribution in [3.8, 4) is 5.75 Å². The first kappa shape index (κ1) is 24.4. The predicted molar refractivity (Wildman–Crippen MR) is 119 cm³/mol. The Balaban J connectivity index is 0.00000190. The molecule has 6 heteroatoms. The molecule has 0 aliphatic rings. The Morgan fingerprint density at radius 1 is 0.929 bits per heavy atom. The Hall–Kier alpha value is -1.66. The van der Waals surface area contributed by atoms with Crippen LogP contribution in [0.3, 0.4) is 0 Å². The van der Waals surface area contributed by atoms with Crippen LogP contribution in [0.1, 0.15) is 52.7 Å². The molecule has 0 bridgehead atoms. The summed E-state index contributed by atoms with van der Waals surface area (Å²) in [5, 5.41) is 0. The summed E-state index contributed by atoms with van der Waals surface area (Å²) in [6.45, 7) is 10.9. The molecule has 0 N–H and O–H groups in total. The van der Waals surface area contributed by atoms with Crippen molar-refractivity contribution in [3.05, 3.63) is 65.5 Å². The molecule has 0 saturated heterocycles. The third-order valence-corrected chi connectivity index (χ3v) is 4.74. The van der Waals surface area contributed by atoms with Gasteiger partial charge in [-0.15, -0.1) is 0 Å². The van der Waals surface area contributed by atoms with E-state index in [1.54, 1.807) is 52.0 Å². The molecule has 0 saturated carbocycles. The Morgan fingerprint density at radius 3 is 1.79 bits per heavy atom. The van der Waals surface area contributed by atoms with Crippen molar-refractivity contribution in [3.63, 3.8) is 0 Å². The molecule has 0 spiro atoms. The minimum Gasteiger partial charge on any atom is -0.476 e. The van der Waals surface area contributed by atoms with Crippen LogP contribution < -0.4 is 4.74 Å². The topological polar surface area (TPSA) is 35.5 Å². The number of carbonyl (C=O) groups excluding carboxylic acids is 1. The van der Waals surface area contributed by atoms with Gasteiger partial charge >= 0.3 is 5.97 Å². The van der Waals surface area contributed by atoms with E-state index in [9.17, 15) is 9.18 Å². The van der Waals surface area contributed by atoms with Crippen LogP contribution >= 0.6 is 25.3 Å². The maximum Gasteiger partial charge on any atom is 0.350 e. The number of thiol groups is 2. The van der Waals surface area contributed by atoms with Gasteiger partial charge in [0.25, 0.3) is 0 Å². The quantitative estimate of drug-likeness (QED) is 0.338. The summed E-state index contributed by atoms with van der Waals surface area (Å²) in [6, 6.07) is 13.1. The van der Waals surface area contributed by atoms with Gasteiger partial charge in [0.05, 0.1) is 6.10 Å². The fourth-order valence-corrected chi connectivity index (χ4v) is 2.89. The van der Waals surface area contributed by atoms with Gasteiger partial charge in [0, 0.05) is 0 Å². The number of hydrogen-bond donors (Lipinski definition) is 2. The number of benzene rings is 2. The molecule has 2 rings (SSSR count). The summed E-state index contributed by atoms with van der Waals surface area (Å²) < 4.78 is 23.2. The number of ether oxygens (including phenoxy) is 2. The lowest BCUT2D eigenvalue weighted by atomic mass is 10.0. The highest BCUT2D eigenvalue weighted by Gasteiger charge is 2.33. The Kier molecular flexibility index (Phi) is 8.89. The summed E-state index contributed by atoms with van der Waals surface area (Å²) in [5.41, 5.74) is 0.438. The van der Waals surface area contributed by atoms with Crippen molar-refractivity contribution in [1.82, 2.24) is 0 Å². The van der Waals surface area contributed by atoms with Crippen molar-refractivity contribution in [1.29, 1.82) is 0 Å². The number of hydrogen-bond acceptors (Lipinski definition) is 5. The second kappa shape index (κ2) is 10.2. The smallest absolute Gasteiger partial charge is 0.350 e. The SMILES string of the molecule is CC.CC(C)OC(=O)C(C)(C)Oc1ccc(C(S)(S)c2ccc(F)cc2)cc1. The van der Waals surface area contributed by atoms with E-state index in [-0.39, 0.29) is 11.9 Å². The van der Waals surface area contributed by atoms with Gasteiger partial charge in [0.1, 0.15) is 15.6 Å². The first-order valence-electron chi connectivity index (χ1n) is 9.24. The maximum absolute atomic E-state index is 13.1. The Labute approximate surface area is 178 Å². The summed E-state index contributed by atoms with van der Waals surface area (Å²) in [5.74, 6) is -0.220. The molecule has 0 fully saturated rings. The van der Waals surface area contributed by atoms with Gasteiger partial charge in [-0.05, 0) is 63.1 Å². The number of carbonyl (C=O) groups is 1. The number of halogens is 1. The molecule has 0 aliphatic heterocycles. The largest absolute Gasteiger partial charge is 0.476 e. The molecule has 0 aromatic heterocycles. The third-order valence-electron chi connectivity index (χ3n) is 3.71. The monoisotopic (exact) mass is 424 g/mol. The molecule has 0 aliphatic carbocycles. The molecule has 154 valence electrons. The average molecular weight is 425 g/mol. The molecular formula is C22H29FO3S2. The van der Waals surface area contributed by atoms with E-state index in [4.69, 9.17) is 9.47 Å². The Morgan fingerprint density at radius 2 is 1.36 bits per heavy atom. The third kappa shape index (κ3) is 6.45. The van der Waals surface area contributed by atoms with Crippen LogP contribution in [-0.4, -0.2) is 17.7 Å². The van der Waals surface area contributed by atoms with Gasteiger partial charge in [-0.25, -0.2) is 9.18 Å². The van der Waals surface area contributed by atoms with Crippen molar-refractivity contribution in [2.75, 3.05) is 0 Å². The van der Waals surface area contributed by atoms with Gasteiger partial charge in [-0.2, -0.15) is 25.3 Å². The van der Waals surface area contributed by atoms with Crippen LogP contribution in [0.5, 0.6) is 5.75 Å². The highest BCUT2D eigenvalue weighted by molar-refractivity contribution is 8.00. The van der Waals surface area contributed by atoms with Crippen LogP contribution in [0.2, 0.25) is 0 Å². The van der Waals surface area contributed by atoms with Gasteiger partial charge in [-0.3, -0.25) is 0 Å². The van der Waals surface area contributed by atoms with E-state index in [1.807, 2.05) is 26.0 Å². The maximum atomic E-state index is 13.1. The molecule has 0 radical (unpaired) electrons. The molecule has 0 atom stereocenters. The van der Waals surface area contributed by atoms with E-state index in [1.165, 1.54) is 12.1 Å². The van der Waals surface area contributed by atoms with E-state index in [0.29, 0.717) is 5.75 Å². The first-order chi connectivity index (χ1) is 13.0. The van der Waals surface area contributed by atoms with Gasteiger partial charge in [-0.1, -0.05) is 38.1 Å². The van der Waals surface area contributed by atoms with Crippen LogP contribution in [0.15, 0.2) is 48.5 Å². The lowest BCUT2D eigenvalue weighted by molar-refractivity contribution is -0.163. The molecule has 3 nitrogen and oxygen atoms in total. The van der Waals surface area contributed by atoms with Crippen molar-refractivity contribution >= 4 is 31.2 Å². The summed E-state index contributed by atoms with van der Waals surface area (Å²) in [6.07, 6.45) is -0.211. The lowest BCUT2D eigenvalue weighted by Gasteiger charge is -2.27. The minimum absolute atomic E-state index is 0.211. The molecule has 0 heterocycles. The van der Waals surface area contributed by atoms with Crippen LogP contribution in [0, 0.1) is 5.82 Å². The normalized spacial score (nSPS) is 11.5. The zero-order valence-electron chi connectivity index (χ0n) is 17.2. The average Bonchev–Trinajstić information content (AvgIpc) is 2.63. The van der Waals surface area contributed by atoms with Crippen LogP contribution in [0.4, 0.5) is 4.39 Å². The summed E-state index contributed by atoms with van der Waals surface area (Å²) in [4.78, 5) is 12.1. The highest BCUT2D eigenvalue weighted by atomic mass is 32.2. The number of esters is 1. The van der Waals surface area contributed by atoms with Crippen molar-refractivity contribution in [2.24, 2.45) is 0 Å². The van der Waals surface area contributed by atoms with Crippen molar-refractivity contribution in [2.45, 2.75) is 57.3 Å². The second-order valence-corrected chi connectivity index (χ2v) is 8.46. The number of rotatable bonds is 6. The lowest BCUT2D eigenvalue weighted by Crippen LogP contribution is -2.40. The fourth-order valence-electron chi connectivity index (χ4n) is 2.30. The second-order valence-electron chi connectivity index (χ2n) is 6.77. The molecule has 0 amide bonds. The molecule has 2 aromatic rings. The molecule has 0 unspecified atom stereocenters. The highest BCUT2D eigenvalue weighted by Crippen LogP contribution is 2.40.